The summed E-state index contributed by atoms with van der Waals surface area (Å²) >= 11 is 4.95. The minimum atomic E-state index is 0.550. The Bertz CT molecular complexity index is 338. The van der Waals surface area contributed by atoms with Crippen LogP contribution in [-0.4, -0.2) is 9.97 Å². The van der Waals surface area contributed by atoms with Crippen molar-refractivity contribution in [2.24, 2.45) is 0 Å². The lowest BCUT2D eigenvalue weighted by Crippen LogP contribution is -1.89. The second-order valence-electron chi connectivity index (χ2n) is 1.94. The van der Waals surface area contributed by atoms with Crippen molar-refractivity contribution in [3.63, 3.8) is 0 Å². The lowest BCUT2D eigenvalue weighted by atomic mass is 10.2. The van der Waals surface area contributed by atoms with Crippen LogP contribution in [0.25, 0.3) is 12.2 Å². The second-order valence-corrected chi connectivity index (χ2v) is 2.33. The molecule has 0 saturated heterocycles. The van der Waals surface area contributed by atoms with Crippen LogP contribution in [-0.2, 0) is 0 Å². The fourth-order valence-corrected chi connectivity index (χ4v) is 1.04. The van der Waals surface area contributed by atoms with E-state index in [4.69, 9.17) is 12.2 Å². The summed E-state index contributed by atoms with van der Waals surface area (Å²) in [6.45, 7) is 7.25. The van der Waals surface area contributed by atoms with Gasteiger partial charge < -0.3 is 4.98 Å². The molecule has 11 heavy (non-hydrogen) atoms. The Labute approximate surface area is 70.3 Å². The summed E-state index contributed by atoms with van der Waals surface area (Å²) in [5.74, 6) is 0. The molecule has 3 heteroatoms. The van der Waals surface area contributed by atoms with Crippen LogP contribution < -0.4 is 0 Å². The molecule has 1 aromatic rings. The van der Waals surface area contributed by atoms with Gasteiger partial charge in [0.05, 0.1) is 6.33 Å². The molecular weight excluding hydrogens is 156 g/mol. The quantitative estimate of drug-likeness (QED) is 0.680. The SMILES string of the molecule is C=Cc1[nH]cnc(=S)c1C=C. The van der Waals surface area contributed by atoms with Gasteiger partial charge in [0.2, 0.25) is 0 Å². The van der Waals surface area contributed by atoms with Crippen molar-refractivity contribution in [2.45, 2.75) is 0 Å². The average Bonchev–Trinajstić information content (AvgIpc) is 2.04. The van der Waals surface area contributed by atoms with Gasteiger partial charge in [-0.25, -0.2) is 4.98 Å². The van der Waals surface area contributed by atoms with Crippen LogP contribution in [0.3, 0.4) is 0 Å². The number of nitrogens with one attached hydrogen (secondary N) is 1. The van der Waals surface area contributed by atoms with Gasteiger partial charge in [-0.1, -0.05) is 31.5 Å². The molecular formula is C8H8N2S. The van der Waals surface area contributed by atoms with E-state index < -0.39 is 0 Å². The number of hydrogen-bond donors (Lipinski definition) is 1. The van der Waals surface area contributed by atoms with Crippen LogP contribution in [0.4, 0.5) is 0 Å². The summed E-state index contributed by atoms with van der Waals surface area (Å²) in [4.78, 5) is 6.81. The Balaban J connectivity index is 3.47. The van der Waals surface area contributed by atoms with Gasteiger partial charge in [-0.15, -0.1) is 0 Å². The predicted octanol–water partition coefficient (Wildman–Crippen LogP) is 2.43. The summed E-state index contributed by atoms with van der Waals surface area (Å²) in [5.41, 5.74) is 1.69. The zero-order chi connectivity index (χ0) is 8.27. The van der Waals surface area contributed by atoms with E-state index in [9.17, 15) is 0 Å². The lowest BCUT2D eigenvalue weighted by molar-refractivity contribution is 1.13. The van der Waals surface area contributed by atoms with Gasteiger partial charge in [-0.2, -0.15) is 0 Å². The molecule has 0 amide bonds. The molecule has 0 aliphatic carbocycles. The van der Waals surface area contributed by atoms with Crippen LogP contribution in [0, 0.1) is 4.64 Å². The molecule has 0 atom stereocenters. The average molecular weight is 164 g/mol. The predicted molar refractivity (Wildman–Crippen MR) is 49.6 cm³/mol. The van der Waals surface area contributed by atoms with Crippen LogP contribution in [0.1, 0.15) is 11.3 Å². The van der Waals surface area contributed by atoms with E-state index in [0.717, 1.165) is 11.3 Å². The zero-order valence-electron chi connectivity index (χ0n) is 6.00. The summed E-state index contributed by atoms with van der Waals surface area (Å²) < 4.78 is 0.550. The molecule has 0 unspecified atom stereocenters. The first-order chi connectivity index (χ1) is 5.29. The van der Waals surface area contributed by atoms with E-state index >= 15 is 0 Å². The molecule has 0 bridgehead atoms. The molecule has 2 nitrogen and oxygen atoms in total. The molecule has 0 saturated carbocycles. The smallest absolute Gasteiger partial charge is 0.137 e. The first kappa shape index (κ1) is 7.88. The third kappa shape index (κ3) is 1.43. The fourth-order valence-electron chi connectivity index (χ4n) is 0.789. The third-order valence-corrected chi connectivity index (χ3v) is 1.66. The number of H-pyrrole nitrogens is 1. The van der Waals surface area contributed by atoms with Crippen molar-refractivity contribution in [2.75, 3.05) is 0 Å². The van der Waals surface area contributed by atoms with Crippen molar-refractivity contribution in [1.82, 2.24) is 9.97 Å². The molecule has 1 N–H and O–H groups in total. The molecule has 0 aliphatic heterocycles. The summed E-state index contributed by atoms with van der Waals surface area (Å²) in [6.07, 6.45) is 4.91. The highest BCUT2D eigenvalue weighted by molar-refractivity contribution is 7.71. The van der Waals surface area contributed by atoms with Crippen molar-refractivity contribution < 1.29 is 0 Å². The molecule has 0 radical (unpaired) electrons. The summed E-state index contributed by atoms with van der Waals surface area (Å²) in [6, 6.07) is 0. The molecule has 0 spiro atoms. The van der Waals surface area contributed by atoms with Crippen LogP contribution >= 0.6 is 12.2 Å². The van der Waals surface area contributed by atoms with Crippen molar-refractivity contribution in [1.29, 1.82) is 0 Å². The Hall–Kier alpha value is -1.22. The van der Waals surface area contributed by atoms with E-state index in [1.165, 1.54) is 0 Å². The standard InChI is InChI=1S/C8H8N2S/c1-3-6-7(4-2)9-5-10-8(6)11/h3-5H,1-2H2,(H,9,10,11). The van der Waals surface area contributed by atoms with Gasteiger partial charge in [-0.3, -0.25) is 0 Å². The molecule has 1 heterocycles. The van der Waals surface area contributed by atoms with E-state index in [1.807, 2.05) is 0 Å². The van der Waals surface area contributed by atoms with Crippen LogP contribution in [0.5, 0.6) is 0 Å². The van der Waals surface area contributed by atoms with Crippen LogP contribution in [0.15, 0.2) is 19.5 Å². The third-order valence-electron chi connectivity index (χ3n) is 1.33. The maximum Gasteiger partial charge on any atom is 0.137 e. The summed E-state index contributed by atoms with van der Waals surface area (Å²) in [5, 5.41) is 0. The molecule has 56 valence electrons. The minimum absolute atomic E-state index is 0.550. The molecule has 1 rings (SSSR count). The number of hydrogen-bond acceptors (Lipinski definition) is 2. The second kappa shape index (κ2) is 3.25. The first-order valence-electron chi connectivity index (χ1n) is 3.12. The highest BCUT2D eigenvalue weighted by Crippen LogP contribution is 2.07. The van der Waals surface area contributed by atoms with Crippen molar-refractivity contribution in [3.05, 3.63) is 35.4 Å². The normalized spacial score (nSPS) is 9.09. The molecule has 1 aromatic heterocycles. The number of aromatic nitrogens is 2. The van der Waals surface area contributed by atoms with Gasteiger partial charge >= 0.3 is 0 Å². The lowest BCUT2D eigenvalue weighted by Gasteiger charge is -1.97. The van der Waals surface area contributed by atoms with E-state index in [0.29, 0.717) is 4.64 Å². The first-order valence-corrected chi connectivity index (χ1v) is 3.53. The van der Waals surface area contributed by atoms with Crippen molar-refractivity contribution >= 4 is 24.4 Å². The Morgan fingerprint density at radius 2 is 2.18 bits per heavy atom. The number of rotatable bonds is 2. The Morgan fingerprint density at radius 3 is 2.64 bits per heavy atom. The van der Waals surface area contributed by atoms with Crippen LogP contribution in [0.2, 0.25) is 0 Å². The Kier molecular flexibility index (Phi) is 2.33. The molecule has 0 fully saturated rings. The monoisotopic (exact) mass is 164 g/mol. The molecule has 0 aromatic carbocycles. The van der Waals surface area contributed by atoms with E-state index in [1.54, 1.807) is 18.5 Å². The van der Waals surface area contributed by atoms with Gasteiger partial charge in [0.1, 0.15) is 4.64 Å². The van der Waals surface area contributed by atoms with E-state index in [-0.39, 0.29) is 0 Å². The Morgan fingerprint density at radius 1 is 1.45 bits per heavy atom. The maximum atomic E-state index is 4.95. The number of nitrogens with zero attached hydrogens (tertiary/aromatic N) is 1. The largest absolute Gasteiger partial charge is 0.346 e. The van der Waals surface area contributed by atoms with Gasteiger partial charge in [0, 0.05) is 11.3 Å². The van der Waals surface area contributed by atoms with Crippen molar-refractivity contribution in [3.8, 4) is 0 Å². The zero-order valence-corrected chi connectivity index (χ0v) is 6.82. The molecule has 0 aliphatic rings. The number of aromatic amines is 1. The minimum Gasteiger partial charge on any atom is -0.346 e. The van der Waals surface area contributed by atoms with Gasteiger partial charge in [0.25, 0.3) is 0 Å². The highest BCUT2D eigenvalue weighted by atomic mass is 32.1. The highest BCUT2D eigenvalue weighted by Gasteiger charge is 1.95. The maximum absolute atomic E-state index is 4.95. The van der Waals surface area contributed by atoms with Gasteiger partial charge in [0.15, 0.2) is 0 Å². The van der Waals surface area contributed by atoms with E-state index in [2.05, 4.69) is 23.1 Å². The van der Waals surface area contributed by atoms with Gasteiger partial charge in [-0.05, 0) is 6.08 Å². The topological polar surface area (TPSA) is 28.7 Å². The summed E-state index contributed by atoms with van der Waals surface area (Å²) in [7, 11) is 0. The fraction of sp³-hybridized carbons (Fsp3) is 0.